The Morgan fingerprint density at radius 3 is 2.79 bits per heavy atom. The van der Waals surface area contributed by atoms with Gasteiger partial charge in [0.05, 0.1) is 18.2 Å². The van der Waals surface area contributed by atoms with Gasteiger partial charge in [0.2, 0.25) is 5.91 Å². The van der Waals surface area contributed by atoms with E-state index in [1.807, 2.05) is 17.7 Å². The van der Waals surface area contributed by atoms with Crippen LogP contribution in [-0.4, -0.2) is 43.0 Å². The Balaban J connectivity index is 1.45. The Labute approximate surface area is 171 Å². The molecule has 0 aromatic carbocycles. The highest BCUT2D eigenvalue weighted by Gasteiger charge is 2.40. The number of nitrogens with one attached hydrogen (secondary N) is 2. The van der Waals surface area contributed by atoms with Gasteiger partial charge in [0, 0.05) is 31.2 Å². The number of imidazole rings is 2. The largest absolute Gasteiger partial charge is 0.352 e. The molecule has 3 atom stereocenters. The van der Waals surface area contributed by atoms with E-state index in [0.29, 0.717) is 18.3 Å². The molecule has 0 spiro atoms. The Morgan fingerprint density at radius 2 is 2.10 bits per heavy atom. The number of amides is 2. The van der Waals surface area contributed by atoms with E-state index in [2.05, 4.69) is 27.5 Å². The molecule has 156 valence electrons. The predicted octanol–water partition coefficient (Wildman–Crippen LogP) is 2.47. The van der Waals surface area contributed by atoms with Crippen molar-refractivity contribution in [1.29, 1.82) is 0 Å². The van der Waals surface area contributed by atoms with Gasteiger partial charge in [-0.05, 0) is 38.5 Å². The minimum absolute atomic E-state index is 0.0765. The highest BCUT2D eigenvalue weighted by atomic mass is 16.2. The molecule has 0 aliphatic heterocycles. The molecule has 2 aromatic rings. The van der Waals surface area contributed by atoms with Crippen LogP contribution in [0, 0.1) is 5.92 Å². The number of hydrogen-bond donors (Lipinski definition) is 2. The third-order valence-corrected chi connectivity index (χ3v) is 6.55. The average molecular weight is 399 g/mol. The third kappa shape index (κ3) is 4.21. The van der Waals surface area contributed by atoms with Crippen LogP contribution in [0.15, 0.2) is 31.2 Å². The zero-order chi connectivity index (χ0) is 20.4. The molecule has 4 rings (SSSR count). The molecule has 2 aromatic heterocycles. The van der Waals surface area contributed by atoms with Crippen LogP contribution in [0.2, 0.25) is 0 Å². The van der Waals surface area contributed by atoms with E-state index >= 15 is 0 Å². The summed E-state index contributed by atoms with van der Waals surface area (Å²) in [4.78, 5) is 34.0. The smallest absolute Gasteiger partial charge is 0.271 e. The highest BCUT2D eigenvalue weighted by Crippen LogP contribution is 2.35. The topological polar surface area (TPSA) is 93.8 Å². The van der Waals surface area contributed by atoms with Crippen LogP contribution in [0.25, 0.3) is 0 Å². The maximum atomic E-state index is 13.0. The quantitative estimate of drug-likeness (QED) is 0.749. The van der Waals surface area contributed by atoms with Gasteiger partial charge >= 0.3 is 0 Å². The second-order valence-electron chi connectivity index (χ2n) is 8.60. The predicted molar refractivity (Wildman–Crippen MR) is 108 cm³/mol. The number of aromatic nitrogens is 4. The van der Waals surface area contributed by atoms with E-state index in [1.54, 1.807) is 29.6 Å². The van der Waals surface area contributed by atoms with E-state index in [0.717, 1.165) is 38.5 Å². The Kier molecular flexibility index (Phi) is 5.43. The molecule has 8 nitrogen and oxygen atoms in total. The summed E-state index contributed by atoms with van der Waals surface area (Å²) in [6, 6.07) is 0.147. The van der Waals surface area contributed by atoms with Gasteiger partial charge in [-0.2, -0.15) is 0 Å². The van der Waals surface area contributed by atoms with Gasteiger partial charge in [-0.25, -0.2) is 9.97 Å². The van der Waals surface area contributed by atoms with Crippen molar-refractivity contribution in [3.05, 3.63) is 36.9 Å². The molecular formula is C21H30N6O2. The van der Waals surface area contributed by atoms with Gasteiger partial charge in [0.15, 0.2) is 0 Å². The lowest BCUT2D eigenvalue weighted by Gasteiger charge is -2.43. The number of hydrogen-bond acceptors (Lipinski definition) is 4. The first kappa shape index (κ1) is 19.7. The molecule has 0 saturated heterocycles. The maximum absolute atomic E-state index is 13.0. The molecule has 0 bridgehead atoms. The summed E-state index contributed by atoms with van der Waals surface area (Å²) in [5.74, 6) is 0.0389. The van der Waals surface area contributed by atoms with E-state index in [1.165, 1.54) is 0 Å². The standard InChI is InChI=1S/C21H30N6O2/c1-15-5-3-4-8-21(15,12-23-19(28)16(2)26-10-9-22-13-26)25-20(29)18-11-27(14-24-18)17-6-7-17/h9-11,13-17H,3-8,12H2,1-2H3,(H,23,28)(H,25,29). The van der Waals surface area contributed by atoms with Crippen LogP contribution in [0.4, 0.5) is 0 Å². The van der Waals surface area contributed by atoms with Crippen molar-refractivity contribution in [3.63, 3.8) is 0 Å². The summed E-state index contributed by atoms with van der Waals surface area (Å²) in [5, 5.41) is 6.33. The first-order valence-corrected chi connectivity index (χ1v) is 10.6. The number of carbonyl (C=O) groups excluding carboxylic acids is 2. The molecule has 3 unspecified atom stereocenters. The summed E-state index contributed by atoms with van der Waals surface area (Å²) in [5.41, 5.74) is -0.00427. The summed E-state index contributed by atoms with van der Waals surface area (Å²) in [7, 11) is 0. The van der Waals surface area contributed by atoms with Gasteiger partial charge < -0.3 is 19.8 Å². The Bertz CT molecular complexity index is 856. The van der Waals surface area contributed by atoms with Gasteiger partial charge in [0.1, 0.15) is 11.7 Å². The normalized spacial score (nSPS) is 25.4. The van der Waals surface area contributed by atoms with Gasteiger partial charge in [-0.15, -0.1) is 0 Å². The summed E-state index contributed by atoms with van der Waals surface area (Å²) in [6.45, 7) is 4.42. The molecular weight excluding hydrogens is 368 g/mol. The molecule has 2 N–H and O–H groups in total. The fraction of sp³-hybridized carbons (Fsp3) is 0.619. The second kappa shape index (κ2) is 8.00. The van der Waals surface area contributed by atoms with Crippen molar-refractivity contribution in [1.82, 2.24) is 29.7 Å². The highest BCUT2D eigenvalue weighted by molar-refractivity contribution is 5.92. The van der Waals surface area contributed by atoms with Crippen molar-refractivity contribution in [2.24, 2.45) is 5.92 Å². The Hall–Kier alpha value is -2.64. The second-order valence-corrected chi connectivity index (χ2v) is 8.60. The molecule has 2 heterocycles. The minimum atomic E-state index is -0.455. The zero-order valence-corrected chi connectivity index (χ0v) is 17.2. The summed E-state index contributed by atoms with van der Waals surface area (Å²) >= 11 is 0. The van der Waals surface area contributed by atoms with Crippen molar-refractivity contribution in [2.45, 2.75) is 70.0 Å². The van der Waals surface area contributed by atoms with E-state index in [9.17, 15) is 9.59 Å². The molecule has 2 aliphatic carbocycles. The van der Waals surface area contributed by atoms with E-state index < -0.39 is 5.54 Å². The molecule has 2 fully saturated rings. The van der Waals surface area contributed by atoms with E-state index in [4.69, 9.17) is 0 Å². The third-order valence-electron chi connectivity index (χ3n) is 6.55. The average Bonchev–Trinajstić information content (AvgIpc) is 3.21. The number of carbonyl (C=O) groups is 2. The van der Waals surface area contributed by atoms with Crippen LogP contribution in [-0.2, 0) is 4.79 Å². The zero-order valence-electron chi connectivity index (χ0n) is 17.2. The first-order valence-electron chi connectivity index (χ1n) is 10.6. The maximum Gasteiger partial charge on any atom is 0.271 e. The van der Waals surface area contributed by atoms with Gasteiger partial charge in [-0.3, -0.25) is 9.59 Å². The van der Waals surface area contributed by atoms with Crippen LogP contribution < -0.4 is 10.6 Å². The molecule has 2 saturated carbocycles. The van der Waals surface area contributed by atoms with Crippen LogP contribution in [0.1, 0.15) is 74.9 Å². The fourth-order valence-corrected chi connectivity index (χ4v) is 4.25. The molecule has 2 amide bonds. The van der Waals surface area contributed by atoms with Crippen molar-refractivity contribution in [2.75, 3.05) is 6.54 Å². The fourth-order valence-electron chi connectivity index (χ4n) is 4.25. The van der Waals surface area contributed by atoms with Crippen LogP contribution in [0.3, 0.4) is 0 Å². The summed E-state index contributed by atoms with van der Waals surface area (Å²) in [6.07, 6.45) is 15.0. The number of nitrogens with zero attached hydrogens (tertiary/aromatic N) is 4. The summed E-state index contributed by atoms with van der Waals surface area (Å²) < 4.78 is 3.80. The first-order chi connectivity index (χ1) is 14.0. The van der Waals surface area contributed by atoms with Crippen molar-refractivity contribution in [3.8, 4) is 0 Å². The molecule has 29 heavy (non-hydrogen) atoms. The molecule has 2 aliphatic rings. The van der Waals surface area contributed by atoms with Crippen LogP contribution >= 0.6 is 0 Å². The molecule has 8 heteroatoms. The van der Waals surface area contributed by atoms with Crippen LogP contribution in [0.5, 0.6) is 0 Å². The Morgan fingerprint density at radius 1 is 1.28 bits per heavy atom. The lowest BCUT2D eigenvalue weighted by molar-refractivity contribution is -0.124. The van der Waals surface area contributed by atoms with E-state index in [-0.39, 0.29) is 23.8 Å². The van der Waals surface area contributed by atoms with Gasteiger partial charge in [0.25, 0.3) is 5.91 Å². The SMILES string of the molecule is CC(C(=O)NCC1(NC(=O)c2cn(C3CC3)cn2)CCCCC1C)n1ccnc1. The minimum Gasteiger partial charge on any atom is -0.352 e. The lowest BCUT2D eigenvalue weighted by atomic mass is 9.73. The van der Waals surface area contributed by atoms with Gasteiger partial charge in [-0.1, -0.05) is 19.8 Å². The number of rotatable bonds is 7. The van der Waals surface area contributed by atoms with Crippen molar-refractivity contribution >= 4 is 11.8 Å². The van der Waals surface area contributed by atoms with Crippen molar-refractivity contribution < 1.29 is 9.59 Å². The monoisotopic (exact) mass is 398 g/mol. The molecule has 0 radical (unpaired) electrons. The lowest BCUT2D eigenvalue weighted by Crippen LogP contribution is -2.61.